The third-order valence-electron chi connectivity index (χ3n) is 4.98. The maximum atomic E-state index is 12.7. The minimum absolute atomic E-state index is 0.0630. The summed E-state index contributed by atoms with van der Waals surface area (Å²) in [6.45, 7) is 0.353. The van der Waals surface area contributed by atoms with Crippen molar-refractivity contribution in [3.63, 3.8) is 0 Å². The van der Waals surface area contributed by atoms with Crippen molar-refractivity contribution in [1.29, 1.82) is 0 Å². The fourth-order valence-corrected chi connectivity index (χ4v) is 3.37. The molecule has 152 valence electrons. The average Bonchev–Trinajstić information content (AvgIpc) is 3.18. The number of anilines is 2. The summed E-state index contributed by atoms with van der Waals surface area (Å²) in [5, 5.41) is 2.89. The summed E-state index contributed by atoms with van der Waals surface area (Å²) >= 11 is 0. The third kappa shape index (κ3) is 4.43. The van der Waals surface area contributed by atoms with Gasteiger partial charge < -0.3 is 19.7 Å². The number of carbonyl (C=O) groups excluding carboxylic acids is 2. The van der Waals surface area contributed by atoms with Crippen LogP contribution < -0.4 is 19.7 Å². The van der Waals surface area contributed by atoms with Crippen LogP contribution in [-0.4, -0.2) is 25.5 Å². The van der Waals surface area contributed by atoms with E-state index in [2.05, 4.69) is 5.32 Å². The molecule has 0 aromatic heterocycles. The van der Waals surface area contributed by atoms with E-state index in [1.54, 1.807) is 48.4 Å². The van der Waals surface area contributed by atoms with Crippen molar-refractivity contribution in [3.05, 3.63) is 78.9 Å². The molecule has 6 nitrogen and oxygen atoms in total. The summed E-state index contributed by atoms with van der Waals surface area (Å²) in [6.07, 6.45) is 0.188. The lowest BCUT2D eigenvalue weighted by Crippen LogP contribution is -2.28. The molecule has 1 atom stereocenters. The molecule has 30 heavy (non-hydrogen) atoms. The number of nitrogens with zero attached hydrogens (tertiary/aromatic N) is 1. The number of para-hydroxylation sites is 1. The highest BCUT2D eigenvalue weighted by molar-refractivity contribution is 6.03. The number of carbonyl (C=O) groups is 2. The molecule has 1 aliphatic rings. The highest BCUT2D eigenvalue weighted by atomic mass is 16.5. The van der Waals surface area contributed by atoms with Gasteiger partial charge >= 0.3 is 0 Å². The van der Waals surface area contributed by atoms with E-state index >= 15 is 0 Å². The molecule has 1 aliphatic heterocycles. The van der Waals surface area contributed by atoms with Gasteiger partial charge in [-0.15, -0.1) is 0 Å². The Kier molecular flexibility index (Phi) is 5.66. The zero-order valence-corrected chi connectivity index (χ0v) is 16.6. The highest BCUT2D eigenvalue weighted by Gasteiger charge is 2.35. The van der Waals surface area contributed by atoms with Gasteiger partial charge in [0.05, 0.1) is 13.0 Å². The monoisotopic (exact) mass is 402 g/mol. The maximum Gasteiger partial charge on any atom is 0.229 e. The lowest BCUT2D eigenvalue weighted by molar-refractivity contribution is -0.122. The third-order valence-corrected chi connectivity index (χ3v) is 4.98. The number of methoxy groups -OCH3 is 1. The topological polar surface area (TPSA) is 67.9 Å². The zero-order valence-electron chi connectivity index (χ0n) is 16.6. The van der Waals surface area contributed by atoms with E-state index in [0.29, 0.717) is 18.0 Å². The summed E-state index contributed by atoms with van der Waals surface area (Å²) in [4.78, 5) is 26.7. The Balaban J connectivity index is 1.36. The molecule has 3 aromatic rings. The Labute approximate surface area is 175 Å². The van der Waals surface area contributed by atoms with Crippen molar-refractivity contribution in [2.75, 3.05) is 23.9 Å². The van der Waals surface area contributed by atoms with Gasteiger partial charge in [-0.25, -0.2) is 0 Å². The predicted molar refractivity (Wildman–Crippen MR) is 115 cm³/mol. The molecule has 0 unspecified atom stereocenters. The molecule has 3 aromatic carbocycles. The van der Waals surface area contributed by atoms with Gasteiger partial charge in [-0.1, -0.05) is 18.2 Å². The van der Waals surface area contributed by atoms with Gasteiger partial charge in [0.1, 0.15) is 17.2 Å². The molecule has 1 N–H and O–H groups in total. The molecule has 0 radical (unpaired) electrons. The maximum absolute atomic E-state index is 12.7. The number of ether oxygens (including phenoxy) is 2. The lowest BCUT2D eigenvalue weighted by atomic mass is 10.1. The summed E-state index contributed by atoms with van der Waals surface area (Å²) in [6, 6.07) is 23.9. The second-order valence-corrected chi connectivity index (χ2v) is 7.03. The van der Waals surface area contributed by atoms with Gasteiger partial charge in [-0.2, -0.15) is 0 Å². The molecule has 1 fully saturated rings. The van der Waals surface area contributed by atoms with Crippen LogP contribution in [0.1, 0.15) is 6.42 Å². The normalized spacial score (nSPS) is 15.7. The highest BCUT2D eigenvalue weighted by Crippen LogP contribution is 2.28. The van der Waals surface area contributed by atoms with Crippen LogP contribution in [0.15, 0.2) is 78.9 Å². The van der Waals surface area contributed by atoms with Gasteiger partial charge in [-0.3, -0.25) is 9.59 Å². The van der Waals surface area contributed by atoms with E-state index in [9.17, 15) is 9.59 Å². The van der Waals surface area contributed by atoms with Crippen LogP contribution >= 0.6 is 0 Å². The fraction of sp³-hybridized carbons (Fsp3) is 0.167. The van der Waals surface area contributed by atoms with Crippen LogP contribution in [-0.2, 0) is 9.59 Å². The van der Waals surface area contributed by atoms with Gasteiger partial charge in [0, 0.05) is 24.3 Å². The van der Waals surface area contributed by atoms with Crippen molar-refractivity contribution in [3.8, 4) is 17.2 Å². The Morgan fingerprint density at radius 3 is 2.20 bits per heavy atom. The minimum atomic E-state index is -0.403. The minimum Gasteiger partial charge on any atom is -0.497 e. The Bertz CT molecular complexity index is 1020. The molecule has 2 amide bonds. The Hall–Kier alpha value is -3.80. The number of amides is 2. The molecule has 0 saturated carbocycles. The molecule has 4 rings (SSSR count). The zero-order chi connectivity index (χ0) is 20.9. The predicted octanol–water partition coefficient (Wildman–Crippen LogP) is 4.48. The van der Waals surface area contributed by atoms with Crippen molar-refractivity contribution in [2.24, 2.45) is 5.92 Å². The van der Waals surface area contributed by atoms with Crippen LogP contribution in [0, 0.1) is 5.92 Å². The standard InChI is InChI=1S/C24H22N2O4/c1-29-20-13-9-19(10-14-20)26-16-17(15-23(26)27)24(28)25-18-7-11-22(12-8-18)30-21-5-3-2-4-6-21/h2-14,17H,15-16H2,1H3,(H,25,28)/t17-/m1/s1. The van der Waals surface area contributed by atoms with E-state index in [0.717, 1.165) is 17.2 Å². The summed E-state index contributed by atoms with van der Waals surface area (Å²) in [5.74, 6) is 1.51. The van der Waals surface area contributed by atoms with Crippen LogP contribution in [0.4, 0.5) is 11.4 Å². The molecule has 1 heterocycles. The molecule has 1 saturated heterocycles. The molecule has 0 bridgehead atoms. The summed E-state index contributed by atoms with van der Waals surface area (Å²) in [5.41, 5.74) is 1.43. The van der Waals surface area contributed by atoms with E-state index in [-0.39, 0.29) is 18.2 Å². The molecule has 0 aliphatic carbocycles. The smallest absolute Gasteiger partial charge is 0.229 e. The van der Waals surface area contributed by atoms with Crippen LogP contribution in [0.25, 0.3) is 0 Å². The second kappa shape index (κ2) is 8.69. The molecule has 6 heteroatoms. The van der Waals surface area contributed by atoms with Crippen molar-refractivity contribution in [2.45, 2.75) is 6.42 Å². The number of rotatable bonds is 6. The summed E-state index contributed by atoms with van der Waals surface area (Å²) in [7, 11) is 1.59. The first-order chi connectivity index (χ1) is 14.6. The van der Waals surface area contributed by atoms with Gasteiger partial charge in [0.25, 0.3) is 0 Å². The first-order valence-electron chi connectivity index (χ1n) is 9.70. The Morgan fingerprint density at radius 2 is 1.53 bits per heavy atom. The molecular formula is C24H22N2O4. The quantitative estimate of drug-likeness (QED) is 0.660. The second-order valence-electron chi connectivity index (χ2n) is 7.03. The fourth-order valence-electron chi connectivity index (χ4n) is 3.37. The summed E-state index contributed by atoms with van der Waals surface area (Å²) < 4.78 is 10.9. The van der Waals surface area contributed by atoms with E-state index in [1.807, 2.05) is 42.5 Å². The number of benzene rings is 3. The largest absolute Gasteiger partial charge is 0.497 e. The Morgan fingerprint density at radius 1 is 0.900 bits per heavy atom. The molecule has 0 spiro atoms. The van der Waals surface area contributed by atoms with Gasteiger partial charge in [-0.05, 0) is 60.7 Å². The van der Waals surface area contributed by atoms with Crippen LogP contribution in [0.5, 0.6) is 17.2 Å². The SMILES string of the molecule is COc1ccc(N2C[C@H](C(=O)Nc3ccc(Oc4ccccc4)cc3)CC2=O)cc1. The van der Waals surface area contributed by atoms with E-state index < -0.39 is 5.92 Å². The molecular weight excluding hydrogens is 380 g/mol. The van der Waals surface area contributed by atoms with E-state index in [4.69, 9.17) is 9.47 Å². The van der Waals surface area contributed by atoms with Crippen LogP contribution in [0.2, 0.25) is 0 Å². The average molecular weight is 402 g/mol. The first-order valence-corrected chi connectivity index (χ1v) is 9.70. The van der Waals surface area contributed by atoms with Crippen molar-refractivity contribution >= 4 is 23.2 Å². The van der Waals surface area contributed by atoms with Gasteiger partial charge in [0.2, 0.25) is 11.8 Å². The first kappa shape index (κ1) is 19.5. The lowest BCUT2D eigenvalue weighted by Gasteiger charge is -2.17. The van der Waals surface area contributed by atoms with Crippen molar-refractivity contribution in [1.82, 2.24) is 0 Å². The number of nitrogens with one attached hydrogen (secondary N) is 1. The number of hydrogen-bond acceptors (Lipinski definition) is 4. The van der Waals surface area contributed by atoms with Gasteiger partial charge in [0.15, 0.2) is 0 Å². The van der Waals surface area contributed by atoms with E-state index in [1.165, 1.54) is 0 Å². The van der Waals surface area contributed by atoms with Crippen molar-refractivity contribution < 1.29 is 19.1 Å². The van der Waals surface area contributed by atoms with Crippen LogP contribution in [0.3, 0.4) is 0 Å². The number of hydrogen-bond donors (Lipinski definition) is 1.